The summed E-state index contributed by atoms with van der Waals surface area (Å²) >= 11 is 6.58. The first-order valence-electron chi connectivity index (χ1n) is 13.2. The van der Waals surface area contributed by atoms with E-state index in [-0.39, 0.29) is 5.41 Å². The highest BCUT2D eigenvalue weighted by Gasteiger charge is 2.50. The minimum absolute atomic E-state index is 0.143. The summed E-state index contributed by atoms with van der Waals surface area (Å²) in [7, 11) is 2.28. The number of imidazole rings is 1. The molecule has 180 valence electrons. The Morgan fingerprint density at radius 2 is 1.82 bits per heavy atom. The molecular weight excluding hydrogens is 430 g/mol. The Morgan fingerprint density at radius 3 is 2.52 bits per heavy atom. The molecule has 33 heavy (non-hydrogen) atoms. The van der Waals surface area contributed by atoms with Crippen LogP contribution in [0.15, 0.2) is 27.8 Å². The molecule has 0 spiro atoms. The summed E-state index contributed by atoms with van der Waals surface area (Å²) in [4.78, 5) is 13.0. The second-order valence-corrected chi connectivity index (χ2v) is 11.6. The summed E-state index contributed by atoms with van der Waals surface area (Å²) in [5.74, 6) is 1.84. The van der Waals surface area contributed by atoms with E-state index in [2.05, 4.69) is 67.0 Å². The predicted molar refractivity (Wildman–Crippen MR) is 134 cm³/mol. The molecule has 5 rings (SSSR count). The molecule has 2 aliphatic carbocycles. The summed E-state index contributed by atoms with van der Waals surface area (Å²) in [6.07, 6.45) is 15.3. The third-order valence-corrected chi connectivity index (χ3v) is 9.28. The van der Waals surface area contributed by atoms with Gasteiger partial charge in [0.2, 0.25) is 5.82 Å². The standard InChI is InChI=1S/C27H41ClN5/c1-6-32-24(33(7-2)26-25(32)29-20-11-8-9-12-21(20)30-26)14-10-13-23-27(3,4)19-17-18(28)15-16-22(19)31(23)5/h10,13-14,18-22H,6-9,11-12,15-17H2,1-5H3/q+1. The van der Waals surface area contributed by atoms with E-state index in [9.17, 15) is 0 Å². The van der Waals surface area contributed by atoms with E-state index in [1.165, 1.54) is 43.6 Å². The second kappa shape index (κ2) is 8.87. The van der Waals surface area contributed by atoms with Crippen molar-refractivity contribution in [2.75, 3.05) is 7.05 Å². The summed E-state index contributed by atoms with van der Waals surface area (Å²) in [6, 6.07) is 1.36. The molecule has 4 aliphatic rings. The summed E-state index contributed by atoms with van der Waals surface area (Å²) in [6.45, 7) is 11.1. The quantitative estimate of drug-likeness (QED) is 0.483. The zero-order valence-corrected chi connectivity index (χ0v) is 21.9. The van der Waals surface area contributed by atoms with Gasteiger partial charge in [-0.1, -0.05) is 26.3 Å². The van der Waals surface area contributed by atoms with Crippen LogP contribution in [0.3, 0.4) is 0 Å². The molecule has 2 saturated carbocycles. The van der Waals surface area contributed by atoms with E-state index in [0.29, 0.717) is 29.4 Å². The highest BCUT2D eigenvalue weighted by Crippen LogP contribution is 2.53. The van der Waals surface area contributed by atoms with E-state index < -0.39 is 0 Å². The topological polar surface area (TPSA) is 36.8 Å². The first kappa shape index (κ1) is 23.1. The molecule has 1 saturated heterocycles. The molecule has 0 radical (unpaired) electrons. The molecule has 2 aliphatic heterocycles. The Hall–Kier alpha value is -1.62. The fourth-order valence-electron chi connectivity index (χ4n) is 7.09. The molecule has 3 fully saturated rings. The lowest BCUT2D eigenvalue weighted by Crippen LogP contribution is -2.56. The average Bonchev–Trinajstić information content (AvgIpc) is 3.19. The molecule has 0 amide bonds. The van der Waals surface area contributed by atoms with Crippen LogP contribution in [0.1, 0.15) is 78.5 Å². The summed E-state index contributed by atoms with van der Waals surface area (Å²) in [5.41, 5.74) is 3.76. The monoisotopic (exact) mass is 470 g/mol. The van der Waals surface area contributed by atoms with Crippen molar-refractivity contribution in [1.29, 1.82) is 0 Å². The van der Waals surface area contributed by atoms with E-state index in [1.807, 2.05) is 0 Å². The van der Waals surface area contributed by atoms with Crippen LogP contribution in [0.5, 0.6) is 0 Å². The number of hydrogen-bond donors (Lipinski definition) is 0. The molecule has 0 bridgehead atoms. The SMILES string of the molecule is CCn1c(C=CC=C2N(C)C3CCC(Cl)CC3C2(C)C)[n+](CC)c2c1=NC1CCCCC1N=2. The first-order chi connectivity index (χ1) is 15.9. The second-order valence-electron chi connectivity index (χ2n) is 11.0. The van der Waals surface area contributed by atoms with Gasteiger partial charge in [-0.05, 0) is 64.4 Å². The largest absolute Gasteiger partial charge is 0.374 e. The van der Waals surface area contributed by atoms with Crippen molar-refractivity contribution in [2.45, 2.75) is 109 Å². The van der Waals surface area contributed by atoms with Gasteiger partial charge >= 0.3 is 5.49 Å². The molecule has 1 aromatic rings. The number of rotatable bonds is 4. The number of likely N-dealkylation sites (tertiary alicyclic amines) is 1. The molecule has 0 N–H and O–H groups in total. The lowest BCUT2D eigenvalue weighted by atomic mass is 9.71. The molecule has 5 atom stereocenters. The average molecular weight is 471 g/mol. The van der Waals surface area contributed by atoms with Crippen molar-refractivity contribution < 1.29 is 4.57 Å². The number of aromatic nitrogens is 2. The number of fused-ring (bicyclic) bond motifs is 3. The normalized spacial score (nSPS) is 34.1. The van der Waals surface area contributed by atoms with E-state index in [1.54, 1.807) is 0 Å². The van der Waals surface area contributed by atoms with Crippen molar-refractivity contribution in [3.05, 3.63) is 34.6 Å². The van der Waals surface area contributed by atoms with Crippen molar-refractivity contribution in [3.63, 3.8) is 0 Å². The summed E-state index contributed by atoms with van der Waals surface area (Å²) < 4.78 is 4.73. The molecule has 1 aromatic heterocycles. The van der Waals surface area contributed by atoms with Gasteiger partial charge in [-0.25, -0.2) is 14.1 Å². The van der Waals surface area contributed by atoms with Crippen molar-refractivity contribution >= 4 is 17.7 Å². The fraction of sp³-hybridized carbons (Fsp3) is 0.741. The molecule has 5 nitrogen and oxygen atoms in total. The molecule has 3 heterocycles. The van der Waals surface area contributed by atoms with Crippen molar-refractivity contribution in [1.82, 2.24) is 9.47 Å². The van der Waals surface area contributed by atoms with Gasteiger partial charge in [0.25, 0.3) is 5.49 Å². The van der Waals surface area contributed by atoms with E-state index in [0.717, 1.165) is 36.9 Å². The first-order valence-corrected chi connectivity index (χ1v) is 13.6. The van der Waals surface area contributed by atoms with Crippen molar-refractivity contribution in [3.8, 4) is 0 Å². The van der Waals surface area contributed by atoms with Crippen LogP contribution >= 0.6 is 11.6 Å². The smallest absolute Gasteiger partial charge is 0.317 e. The van der Waals surface area contributed by atoms with Gasteiger partial charge in [-0.3, -0.25) is 0 Å². The van der Waals surface area contributed by atoms with Crippen LogP contribution in [-0.4, -0.2) is 40.0 Å². The van der Waals surface area contributed by atoms with Crippen LogP contribution in [0.25, 0.3) is 6.08 Å². The van der Waals surface area contributed by atoms with Crippen LogP contribution in [-0.2, 0) is 13.1 Å². The molecule has 6 heteroatoms. The van der Waals surface area contributed by atoms with Gasteiger partial charge in [0.05, 0.1) is 19.1 Å². The third kappa shape index (κ3) is 3.79. The van der Waals surface area contributed by atoms with Crippen LogP contribution in [0.4, 0.5) is 0 Å². The number of nitrogens with zero attached hydrogens (tertiary/aromatic N) is 5. The lowest BCUT2D eigenvalue weighted by molar-refractivity contribution is -0.710. The number of halogens is 1. The van der Waals surface area contributed by atoms with Crippen molar-refractivity contribution in [2.24, 2.45) is 21.3 Å². The van der Waals surface area contributed by atoms with Crippen LogP contribution in [0, 0.1) is 11.3 Å². The Balaban J connectivity index is 1.52. The number of alkyl halides is 1. The zero-order valence-electron chi connectivity index (χ0n) is 21.1. The Bertz CT molecular complexity index is 1030. The van der Waals surface area contributed by atoms with Gasteiger partial charge in [0.15, 0.2) is 0 Å². The van der Waals surface area contributed by atoms with Crippen LogP contribution in [0.2, 0.25) is 0 Å². The Kier molecular flexibility index (Phi) is 6.22. The van der Waals surface area contributed by atoms with Gasteiger partial charge < -0.3 is 4.90 Å². The Morgan fingerprint density at radius 1 is 1.09 bits per heavy atom. The third-order valence-electron chi connectivity index (χ3n) is 8.88. The van der Waals surface area contributed by atoms with E-state index in [4.69, 9.17) is 21.6 Å². The van der Waals surface area contributed by atoms with Crippen LogP contribution < -0.4 is 15.5 Å². The molecular formula is C27H41ClN5+. The lowest BCUT2D eigenvalue weighted by Gasteiger charge is -2.35. The van der Waals surface area contributed by atoms with Gasteiger partial charge in [-0.15, -0.1) is 16.6 Å². The number of hydrogen-bond acceptors (Lipinski definition) is 3. The van der Waals surface area contributed by atoms with Gasteiger partial charge in [0.1, 0.15) is 6.04 Å². The fourth-order valence-corrected chi connectivity index (χ4v) is 7.41. The van der Waals surface area contributed by atoms with Gasteiger partial charge in [0, 0.05) is 35.7 Å². The summed E-state index contributed by atoms with van der Waals surface area (Å²) in [5, 5.41) is 0.327. The minimum atomic E-state index is 0.143. The maximum atomic E-state index is 6.58. The van der Waals surface area contributed by atoms with E-state index >= 15 is 0 Å². The highest BCUT2D eigenvalue weighted by molar-refractivity contribution is 6.20. The number of allylic oxidation sites excluding steroid dienone is 3. The molecule has 0 aromatic carbocycles. The zero-order chi connectivity index (χ0) is 23.3. The maximum Gasteiger partial charge on any atom is 0.317 e. The molecule has 5 unspecified atom stereocenters. The maximum absolute atomic E-state index is 6.58. The highest BCUT2D eigenvalue weighted by atomic mass is 35.5. The predicted octanol–water partition coefficient (Wildman–Crippen LogP) is 4.02. The Labute approximate surface area is 203 Å². The minimum Gasteiger partial charge on any atom is -0.374 e. The van der Waals surface area contributed by atoms with Gasteiger partial charge in [-0.2, -0.15) is 0 Å².